The van der Waals surface area contributed by atoms with Crippen molar-refractivity contribution < 1.29 is 38.5 Å². The van der Waals surface area contributed by atoms with Gasteiger partial charge in [-0.1, -0.05) is 98.3 Å². The maximum absolute atomic E-state index is 14.9. The maximum Gasteiger partial charge on any atom is 0.313 e. The molecule has 5 bridgehead atoms. The summed E-state index contributed by atoms with van der Waals surface area (Å²) in [6, 6.07) is 16.0. The van der Waals surface area contributed by atoms with Crippen molar-refractivity contribution in [2.75, 3.05) is 33.4 Å². The molecule has 8 atom stereocenters. The van der Waals surface area contributed by atoms with Gasteiger partial charge in [0.05, 0.1) is 37.3 Å². The van der Waals surface area contributed by atoms with E-state index in [1.165, 1.54) is 12.0 Å². The van der Waals surface area contributed by atoms with Crippen molar-refractivity contribution in [2.45, 2.75) is 75.0 Å². The highest BCUT2D eigenvalue weighted by Crippen LogP contribution is 2.56. The van der Waals surface area contributed by atoms with E-state index in [0.717, 1.165) is 18.4 Å². The smallest absolute Gasteiger partial charge is 0.313 e. The number of hydrogen-bond donors (Lipinski definition) is 2. The van der Waals surface area contributed by atoms with E-state index in [2.05, 4.69) is 5.32 Å². The molecular weight excluding hydrogens is 638 g/mol. The number of unbranched alkanes of at least 4 members (excludes halogenated alkanes) is 1. The third kappa shape index (κ3) is 6.86. The second-order valence-corrected chi connectivity index (χ2v) is 13.5. The van der Waals surface area contributed by atoms with Crippen LogP contribution in [0.3, 0.4) is 0 Å². The average molecular weight is 686 g/mol. The Balaban J connectivity index is 1.45. The number of nitrogens with one attached hydrogen (secondary N) is 1. The van der Waals surface area contributed by atoms with Crippen LogP contribution in [0.25, 0.3) is 0 Å². The Labute approximate surface area is 293 Å². The highest BCUT2D eigenvalue weighted by molar-refractivity contribution is 5.99. The second kappa shape index (κ2) is 15.7. The molecule has 11 heteroatoms. The molecule has 266 valence electrons. The molecule has 2 fully saturated rings. The van der Waals surface area contributed by atoms with E-state index >= 15 is 0 Å². The van der Waals surface area contributed by atoms with E-state index < -0.39 is 66.3 Å². The number of rotatable bonds is 10. The summed E-state index contributed by atoms with van der Waals surface area (Å²) in [4.78, 5) is 60.5. The topological polar surface area (TPSA) is 135 Å². The van der Waals surface area contributed by atoms with Crippen LogP contribution in [0.15, 0.2) is 85.0 Å². The Morgan fingerprint density at radius 3 is 2.46 bits per heavy atom. The zero-order valence-corrected chi connectivity index (χ0v) is 28.7. The van der Waals surface area contributed by atoms with Gasteiger partial charge in [0.15, 0.2) is 0 Å². The van der Waals surface area contributed by atoms with Crippen molar-refractivity contribution in [3.05, 3.63) is 96.1 Å². The summed E-state index contributed by atoms with van der Waals surface area (Å²) in [5, 5.41) is 13.8. The predicted octanol–water partition coefficient (Wildman–Crippen LogP) is 3.14. The van der Waals surface area contributed by atoms with Gasteiger partial charge in [0, 0.05) is 26.6 Å². The van der Waals surface area contributed by atoms with E-state index in [0.29, 0.717) is 24.9 Å². The van der Waals surface area contributed by atoms with Crippen LogP contribution in [0.2, 0.25) is 0 Å². The normalized spacial score (nSPS) is 31.0. The fraction of sp³-hybridized carbons (Fsp3) is 0.487. The van der Waals surface area contributed by atoms with E-state index in [1.54, 1.807) is 17.1 Å². The van der Waals surface area contributed by atoms with Crippen LogP contribution < -0.4 is 5.32 Å². The van der Waals surface area contributed by atoms with Crippen LogP contribution in [-0.4, -0.2) is 102 Å². The third-order valence-electron chi connectivity index (χ3n) is 10.3. The van der Waals surface area contributed by atoms with Gasteiger partial charge in [0.25, 0.3) is 0 Å². The Morgan fingerprint density at radius 2 is 1.76 bits per heavy atom. The summed E-state index contributed by atoms with van der Waals surface area (Å²) in [5.41, 5.74) is 0.114. The lowest BCUT2D eigenvalue weighted by Crippen LogP contribution is -2.59. The molecule has 4 heterocycles. The van der Waals surface area contributed by atoms with Crippen molar-refractivity contribution in [3.63, 3.8) is 0 Å². The lowest BCUT2D eigenvalue weighted by Gasteiger charge is -2.39. The van der Waals surface area contributed by atoms with Crippen molar-refractivity contribution in [1.29, 1.82) is 0 Å². The number of hydrogen-bond acceptors (Lipinski definition) is 8. The molecule has 2 aromatic rings. The SMILES string of the molecule is CCCCN1C/C=C\CCC(=O)N[C@H](COC)[C@@H](c2ccccc2)OC(=O)[C@@H]2[C@@H]3C=C[C@]4(O3)[C@H](C1=O)N([C@@H](CO)Cc1ccccc1)C(=O)[C@@H]24. The van der Waals surface area contributed by atoms with Crippen LogP contribution in [0.5, 0.6) is 0 Å². The van der Waals surface area contributed by atoms with Gasteiger partial charge in [-0.25, -0.2) is 0 Å². The average Bonchev–Trinajstić information content (AvgIpc) is 3.78. The molecule has 11 nitrogen and oxygen atoms in total. The minimum atomic E-state index is -1.43. The summed E-state index contributed by atoms with van der Waals surface area (Å²) < 4.78 is 18.4. The lowest BCUT2D eigenvalue weighted by molar-refractivity contribution is -0.163. The number of cyclic esters (lactones) is 1. The number of fused-ring (bicyclic) bond motifs is 2. The van der Waals surface area contributed by atoms with Gasteiger partial charge in [-0.15, -0.1) is 0 Å². The fourth-order valence-corrected chi connectivity index (χ4v) is 7.93. The second-order valence-electron chi connectivity index (χ2n) is 13.5. The van der Waals surface area contributed by atoms with Gasteiger partial charge in [-0.2, -0.15) is 0 Å². The van der Waals surface area contributed by atoms with Crippen LogP contribution in [0.1, 0.15) is 49.8 Å². The predicted molar refractivity (Wildman–Crippen MR) is 184 cm³/mol. The molecule has 2 aromatic carbocycles. The largest absolute Gasteiger partial charge is 0.455 e. The van der Waals surface area contributed by atoms with Crippen molar-refractivity contribution in [1.82, 2.24) is 15.1 Å². The first kappa shape index (κ1) is 35.5. The number of amides is 3. The number of nitrogens with zero attached hydrogens (tertiary/aromatic N) is 2. The van der Waals surface area contributed by atoms with E-state index in [9.17, 15) is 24.3 Å². The van der Waals surface area contributed by atoms with E-state index in [4.69, 9.17) is 14.2 Å². The number of aliphatic hydroxyl groups excluding tert-OH is 1. The molecule has 0 aromatic heterocycles. The van der Waals surface area contributed by atoms with Gasteiger partial charge < -0.3 is 34.4 Å². The van der Waals surface area contributed by atoms with Gasteiger partial charge in [0.1, 0.15) is 23.7 Å². The fourth-order valence-electron chi connectivity index (χ4n) is 7.93. The lowest BCUT2D eigenvalue weighted by atomic mass is 9.74. The highest BCUT2D eigenvalue weighted by atomic mass is 16.6. The van der Waals surface area contributed by atoms with Crippen LogP contribution >= 0.6 is 0 Å². The van der Waals surface area contributed by atoms with Gasteiger partial charge in [0.2, 0.25) is 17.7 Å². The maximum atomic E-state index is 14.9. The summed E-state index contributed by atoms with van der Waals surface area (Å²) in [7, 11) is 1.51. The molecule has 2 saturated heterocycles. The van der Waals surface area contributed by atoms with Crippen molar-refractivity contribution >= 4 is 23.7 Å². The van der Waals surface area contributed by atoms with E-state index in [1.807, 2.05) is 79.7 Å². The number of allylic oxidation sites excluding steroid dienone is 1. The number of carbonyl (C=O) groups excluding carboxylic acids is 4. The summed E-state index contributed by atoms with van der Waals surface area (Å²) in [6.45, 7) is 2.43. The number of methoxy groups -OCH3 is 1. The molecule has 3 amide bonds. The number of carbonyl (C=O) groups is 4. The first-order valence-electron chi connectivity index (χ1n) is 17.6. The van der Waals surface area contributed by atoms with Crippen molar-refractivity contribution in [3.8, 4) is 0 Å². The molecule has 6 rings (SSSR count). The number of aliphatic hydroxyl groups is 1. The Morgan fingerprint density at radius 1 is 1.02 bits per heavy atom. The minimum absolute atomic E-state index is 0.0691. The Kier molecular flexibility index (Phi) is 11.2. The Hall–Kier alpha value is -4.32. The first-order chi connectivity index (χ1) is 24.3. The summed E-state index contributed by atoms with van der Waals surface area (Å²) in [5.74, 6) is -3.77. The number of esters is 1. The minimum Gasteiger partial charge on any atom is -0.455 e. The monoisotopic (exact) mass is 685 g/mol. The zero-order valence-electron chi connectivity index (χ0n) is 28.7. The number of ether oxygens (including phenoxy) is 3. The van der Waals surface area contributed by atoms with Crippen LogP contribution in [0.4, 0.5) is 0 Å². The Bertz CT molecular complexity index is 1580. The van der Waals surface area contributed by atoms with E-state index in [-0.39, 0.29) is 31.4 Å². The molecule has 0 saturated carbocycles. The zero-order chi connectivity index (χ0) is 35.3. The molecule has 0 aliphatic carbocycles. The molecule has 0 radical (unpaired) electrons. The third-order valence-corrected chi connectivity index (χ3v) is 10.3. The summed E-state index contributed by atoms with van der Waals surface area (Å²) >= 11 is 0. The first-order valence-corrected chi connectivity index (χ1v) is 17.6. The van der Waals surface area contributed by atoms with Gasteiger partial charge in [-0.3, -0.25) is 19.2 Å². The summed E-state index contributed by atoms with van der Waals surface area (Å²) in [6.07, 6.45) is 8.05. The van der Waals surface area contributed by atoms with Crippen LogP contribution in [-0.2, 0) is 39.8 Å². The molecule has 1 spiro atoms. The molecule has 0 unspecified atom stereocenters. The highest BCUT2D eigenvalue weighted by Gasteiger charge is 2.74. The molecular formula is C39H47N3O8. The number of likely N-dealkylation sites (tertiary alicyclic amines) is 1. The molecule has 2 N–H and O–H groups in total. The van der Waals surface area contributed by atoms with Gasteiger partial charge in [-0.05, 0) is 30.4 Å². The molecule has 4 aliphatic heterocycles. The molecule has 50 heavy (non-hydrogen) atoms. The standard InChI is InChI=1S/C39H47N3O8/c1-3-4-21-41-22-13-7-12-18-31(44)40-29(25-48-2)34(27-16-10-6-11-17-27)49-38(47)32-30-19-20-39(50-30)33(32)36(45)42(35(39)37(41)46)28(24-43)23-26-14-8-5-9-15-26/h5-11,13-17,19-20,28-30,32-35,43H,3-4,12,18,21-25H2,1-2H3,(H,40,44)/b13-7-/t28-,29-,30+,32-,33-,34-,35+,39-/m1/s1. The van der Waals surface area contributed by atoms with Crippen LogP contribution in [0, 0.1) is 11.8 Å². The van der Waals surface area contributed by atoms with Gasteiger partial charge >= 0.3 is 5.97 Å². The van der Waals surface area contributed by atoms with Crippen molar-refractivity contribution in [2.24, 2.45) is 11.8 Å². The quantitative estimate of drug-likeness (QED) is 0.288. The molecule has 4 aliphatic rings. The number of benzene rings is 2.